The van der Waals surface area contributed by atoms with Crippen molar-refractivity contribution in [3.05, 3.63) is 41.0 Å². The van der Waals surface area contributed by atoms with Crippen LogP contribution in [0, 0.1) is 13.8 Å². The maximum absolute atomic E-state index is 12.0. The Morgan fingerprint density at radius 1 is 1.55 bits per heavy atom. The first kappa shape index (κ1) is 14.3. The highest BCUT2D eigenvalue weighted by molar-refractivity contribution is 5.96. The van der Waals surface area contributed by atoms with Gasteiger partial charge in [-0.15, -0.1) is 0 Å². The normalized spacial score (nSPS) is 12.4. The molecule has 0 bridgehead atoms. The zero-order valence-electron chi connectivity index (χ0n) is 11.9. The van der Waals surface area contributed by atoms with Gasteiger partial charge in [0, 0.05) is 25.5 Å². The van der Waals surface area contributed by atoms with Crippen LogP contribution in [0.3, 0.4) is 0 Å². The van der Waals surface area contributed by atoms with E-state index in [1.54, 1.807) is 13.8 Å². The summed E-state index contributed by atoms with van der Waals surface area (Å²) in [5.41, 5.74) is 1.87. The maximum Gasteiger partial charge on any atom is 0.256 e. The first-order chi connectivity index (χ1) is 9.50. The van der Waals surface area contributed by atoms with Crippen molar-refractivity contribution >= 4 is 5.91 Å². The van der Waals surface area contributed by atoms with Crippen LogP contribution in [0.1, 0.15) is 40.0 Å². The lowest BCUT2D eigenvalue weighted by molar-refractivity contribution is 0.0939. The molecule has 0 saturated carbocycles. The molecule has 0 aliphatic carbocycles. The van der Waals surface area contributed by atoms with Gasteiger partial charge in [0.15, 0.2) is 0 Å². The molecular weight excluding hydrogens is 258 g/mol. The first-order valence-electron chi connectivity index (χ1n) is 6.51. The van der Waals surface area contributed by atoms with Crippen molar-refractivity contribution < 1.29 is 14.4 Å². The Morgan fingerprint density at radius 2 is 2.30 bits per heavy atom. The van der Waals surface area contributed by atoms with Crippen molar-refractivity contribution in [3.8, 4) is 0 Å². The molecule has 6 nitrogen and oxygen atoms in total. The second-order valence-corrected chi connectivity index (χ2v) is 4.80. The molecule has 0 fully saturated rings. The van der Waals surface area contributed by atoms with E-state index < -0.39 is 6.10 Å². The smallest absolute Gasteiger partial charge is 0.256 e. The fraction of sp³-hybridized carbons (Fsp3) is 0.429. The Labute approximate surface area is 117 Å². The van der Waals surface area contributed by atoms with Gasteiger partial charge in [-0.05, 0) is 32.4 Å². The number of hydrogen-bond acceptors (Lipinski definition) is 4. The number of hydrogen-bond donors (Lipinski definition) is 2. The van der Waals surface area contributed by atoms with E-state index in [9.17, 15) is 9.90 Å². The van der Waals surface area contributed by atoms with E-state index in [1.165, 1.54) is 0 Å². The maximum atomic E-state index is 12.0. The lowest BCUT2D eigenvalue weighted by Gasteiger charge is -2.12. The van der Waals surface area contributed by atoms with Crippen LogP contribution in [0.25, 0.3) is 0 Å². The molecule has 1 unspecified atom stereocenters. The van der Waals surface area contributed by atoms with E-state index in [4.69, 9.17) is 4.52 Å². The standard InChI is InChI=1S/C14H19N3O3/c1-9-13(10(2)20-16-9)14(19)15-7-6-12(18)11-5-4-8-17(11)3/h4-5,8,12,18H,6-7H2,1-3H3,(H,15,19). The molecule has 0 aliphatic rings. The quantitative estimate of drug-likeness (QED) is 0.867. The fourth-order valence-electron chi connectivity index (χ4n) is 2.19. The number of nitrogens with one attached hydrogen (secondary N) is 1. The van der Waals surface area contributed by atoms with Crippen molar-refractivity contribution in [2.24, 2.45) is 7.05 Å². The van der Waals surface area contributed by atoms with Crippen molar-refractivity contribution in [1.82, 2.24) is 15.0 Å². The molecule has 2 rings (SSSR count). The number of amides is 1. The summed E-state index contributed by atoms with van der Waals surface area (Å²) in [5, 5.41) is 16.6. The molecule has 2 N–H and O–H groups in total. The molecule has 6 heteroatoms. The lowest BCUT2D eigenvalue weighted by Crippen LogP contribution is -2.26. The summed E-state index contributed by atoms with van der Waals surface area (Å²) in [5.74, 6) is 0.281. The van der Waals surface area contributed by atoms with Crippen LogP contribution in [0.2, 0.25) is 0 Å². The van der Waals surface area contributed by atoms with Gasteiger partial charge in [-0.1, -0.05) is 5.16 Å². The van der Waals surface area contributed by atoms with Gasteiger partial charge in [0.05, 0.1) is 11.8 Å². The number of carbonyl (C=O) groups excluding carboxylic acids is 1. The van der Waals surface area contributed by atoms with Crippen LogP contribution >= 0.6 is 0 Å². The molecule has 2 heterocycles. The van der Waals surface area contributed by atoms with Gasteiger partial charge in [0.1, 0.15) is 11.3 Å². The summed E-state index contributed by atoms with van der Waals surface area (Å²) in [6.07, 6.45) is 1.73. The van der Waals surface area contributed by atoms with E-state index >= 15 is 0 Å². The van der Waals surface area contributed by atoms with Gasteiger partial charge in [-0.2, -0.15) is 0 Å². The zero-order chi connectivity index (χ0) is 14.7. The molecule has 0 saturated heterocycles. The molecule has 1 amide bonds. The van der Waals surface area contributed by atoms with Crippen LogP contribution in [-0.4, -0.2) is 27.3 Å². The Kier molecular flexibility index (Phi) is 4.24. The summed E-state index contributed by atoms with van der Waals surface area (Å²) in [6, 6.07) is 3.74. The van der Waals surface area contributed by atoms with Gasteiger partial charge in [-0.25, -0.2) is 0 Å². The minimum absolute atomic E-state index is 0.222. The van der Waals surface area contributed by atoms with E-state index in [2.05, 4.69) is 10.5 Å². The molecule has 108 valence electrons. The third-order valence-electron chi connectivity index (χ3n) is 3.29. The van der Waals surface area contributed by atoms with E-state index in [0.29, 0.717) is 30.0 Å². The van der Waals surface area contributed by atoms with Crippen LogP contribution in [0.15, 0.2) is 22.9 Å². The second-order valence-electron chi connectivity index (χ2n) is 4.80. The number of carbonyl (C=O) groups is 1. The molecule has 0 aliphatic heterocycles. The number of aryl methyl sites for hydroxylation is 3. The zero-order valence-corrected chi connectivity index (χ0v) is 11.9. The van der Waals surface area contributed by atoms with Crippen molar-refractivity contribution in [1.29, 1.82) is 0 Å². The van der Waals surface area contributed by atoms with Gasteiger partial charge >= 0.3 is 0 Å². The average molecular weight is 277 g/mol. The largest absolute Gasteiger partial charge is 0.387 e. The Hall–Kier alpha value is -2.08. The van der Waals surface area contributed by atoms with Gasteiger partial charge in [0.25, 0.3) is 5.91 Å². The summed E-state index contributed by atoms with van der Waals surface area (Å²) in [6.45, 7) is 3.81. The van der Waals surface area contributed by atoms with Crippen LogP contribution in [0.4, 0.5) is 0 Å². The summed E-state index contributed by atoms with van der Waals surface area (Å²) < 4.78 is 6.82. The minimum Gasteiger partial charge on any atom is -0.387 e. The molecule has 1 atom stereocenters. The number of aromatic nitrogens is 2. The van der Waals surface area contributed by atoms with Crippen LogP contribution < -0.4 is 5.32 Å². The number of aliphatic hydroxyl groups is 1. The average Bonchev–Trinajstić information content (AvgIpc) is 2.95. The predicted octanol–water partition coefficient (Wildman–Crippen LogP) is 1.48. The van der Waals surface area contributed by atoms with E-state index in [0.717, 1.165) is 5.69 Å². The summed E-state index contributed by atoms with van der Waals surface area (Å²) in [7, 11) is 1.88. The monoisotopic (exact) mass is 277 g/mol. The highest BCUT2D eigenvalue weighted by Gasteiger charge is 2.17. The fourth-order valence-corrected chi connectivity index (χ4v) is 2.19. The summed E-state index contributed by atoms with van der Waals surface area (Å²) in [4.78, 5) is 12.0. The van der Waals surface area contributed by atoms with E-state index in [-0.39, 0.29) is 5.91 Å². The second kappa shape index (κ2) is 5.92. The molecule has 20 heavy (non-hydrogen) atoms. The van der Waals surface area contributed by atoms with Crippen molar-refractivity contribution in [3.63, 3.8) is 0 Å². The Balaban J connectivity index is 1.87. The number of rotatable bonds is 5. The van der Waals surface area contributed by atoms with Gasteiger partial charge in [-0.3, -0.25) is 4.79 Å². The third kappa shape index (κ3) is 2.91. The summed E-state index contributed by atoms with van der Waals surface area (Å²) >= 11 is 0. The van der Waals surface area contributed by atoms with E-state index in [1.807, 2.05) is 29.9 Å². The molecule has 0 spiro atoms. The van der Waals surface area contributed by atoms with Gasteiger partial charge < -0.3 is 19.5 Å². The third-order valence-corrected chi connectivity index (χ3v) is 3.29. The van der Waals surface area contributed by atoms with Crippen molar-refractivity contribution in [2.75, 3.05) is 6.54 Å². The molecular formula is C14H19N3O3. The minimum atomic E-state index is -0.597. The SMILES string of the molecule is Cc1noc(C)c1C(=O)NCCC(O)c1cccn1C. The topological polar surface area (TPSA) is 80.3 Å². The molecule has 2 aromatic rings. The number of aliphatic hydroxyl groups excluding tert-OH is 1. The Bertz CT molecular complexity index is 581. The van der Waals surface area contributed by atoms with Crippen LogP contribution in [-0.2, 0) is 7.05 Å². The highest BCUT2D eigenvalue weighted by atomic mass is 16.5. The molecule has 0 radical (unpaired) electrons. The highest BCUT2D eigenvalue weighted by Crippen LogP contribution is 2.16. The predicted molar refractivity (Wildman–Crippen MR) is 73.3 cm³/mol. The lowest BCUT2D eigenvalue weighted by atomic mass is 10.1. The molecule has 2 aromatic heterocycles. The molecule has 0 aromatic carbocycles. The first-order valence-corrected chi connectivity index (χ1v) is 6.51. The van der Waals surface area contributed by atoms with Crippen LogP contribution in [0.5, 0.6) is 0 Å². The number of nitrogens with zero attached hydrogens (tertiary/aromatic N) is 2. The van der Waals surface area contributed by atoms with Gasteiger partial charge in [0.2, 0.25) is 0 Å². The van der Waals surface area contributed by atoms with Crippen molar-refractivity contribution in [2.45, 2.75) is 26.4 Å². The Morgan fingerprint density at radius 3 is 2.85 bits per heavy atom.